The van der Waals surface area contributed by atoms with Crippen molar-refractivity contribution < 1.29 is 9.90 Å². The first-order valence-corrected chi connectivity index (χ1v) is 11.6. The Hall–Kier alpha value is -3.15. The molecule has 1 amide bonds. The van der Waals surface area contributed by atoms with Crippen molar-refractivity contribution in [3.63, 3.8) is 0 Å². The molecule has 4 rings (SSSR count). The molecule has 3 heterocycles. The van der Waals surface area contributed by atoms with Crippen molar-refractivity contribution in [2.45, 2.75) is 39.5 Å². The molecule has 0 aliphatic carbocycles. The number of phenolic OH excluding ortho intramolecular Hbond substituents is 1. The first kappa shape index (κ1) is 22.1. The zero-order valence-electron chi connectivity index (χ0n) is 19.2. The Morgan fingerprint density at radius 2 is 2.00 bits per heavy atom. The average molecular weight is 433 g/mol. The van der Waals surface area contributed by atoms with Crippen LogP contribution in [0.15, 0.2) is 42.6 Å². The highest BCUT2D eigenvalue weighted by atomic mass is 16.3. The Kier molecular flexibility index (Phi) is 6.58. The Bertz CT molecular complexity index is 1110. The number of pyridine rings is 2. The van der Waals surface area contributed by atoms with Crippen molar-refractivity contribution in [1.29, 1.82) is 0 Å². The van der Waals surface area contributed by atoms with Gasteiger partial charge in [-0.3, -0.25) is 9.78 Å². The van der Waals surface area contributed by atoms with Crippen LogP contribution in [-0.2, 0) is 0 Å². The van der Waals surface area contributed by atoms with Crippen LogP contribution in [0.2, 0.25) is 0 Å². The number of nitrogens with zero attached hydrogens (tertiary/aromatic N) is 4. The third kappa shape index (κ3) is 4.54. The lowest BCUT2D eigenvalue weighted by atomic mass is 10.0. The zero-order chi connectivity index (χ0) is 22.7. The first-order valence-electron chi connectivity index (χ1n) is 11.6. The Balaban J connectivity index is 1.83. The van der Waals surface area contributed by atoms with E-state index in [1.807, 2.05) is 36.3 Å². The summed E-state index contributed by atoms with van der Waals surface area (Å²) in [6, 6.07) is 10.8. The van der Waals surface area contributed by atoms with Crippen LogP contribution in [-0.4, -0.2) is 52.6 Å². The van der Waals surface area contributed by atoms with Crippen LogP contribution in [0.25, 0.3) is 22.3 Å². The van der Waals surface area contributed by atoms with Crippen LogP contribution in [0.5, 0.6) is 5.75 Å². The molecule has 1 fully saturated rings. The van der Waals surface area contributed by atoms with Crippen molar-refractivity contribution in [2.75, 3.05) is 31.6 Å². The molecule has 3 aromatic rings. The molecular formula is C26H32N4O2. The molecule has 0 spiro atoms. The van der Waals surface area contributed by atoms with E-state index in [-0.39, 0.29) is 11.7 Å². The number of aromatic nitrogens is 2. The summed E-state index contributed by atoms with van der Waals surface area (Å²) in [5.41, 5.74) is 4.35. The molecule has 0 bridgehead atoms. The highest BCUT2D eigenvalue weighted by Gasteiger charge is 2.26. The number of amides is 1. The lowest BCUT2D eigenvalue weighted by molar-refractivity contribution is 0.0776. The topological polar surface area (TPSA) is 69.6 Å². The molecule has 1 atom stereocenters. The van der Waals surface area contributed by atoms with Crippen molar-refractivity contribution in [1.82, 2.24) is 14.9 Å². The normalized spacial score (nSPS) is 14.7. The van der Waals surface area contributed by atoms with Crippen LogP contribution in [0.4, 0.5) is 5.69 Å². The number of rotatable bonds is 7. The first-order chi connectivity index (χ1) is 15.5. The third-order valence-corrected chi connectivity index (χ3v) is 6.21. The Morgan fingerprint density at radius 1 is 1.22 bits per heavy atom. The van der Waals surface area contributed by atoms with Crippen molar-refractivity contribution in [2.24, 2.45) is 5.92 Å². The minimum atomic E-state index is -0.0113. The van der Waals surface area contributed by atoms with Gasteiger partial charge < -0.3 is 14.9 Å². The summed E-state index contributed by atoms with van der Waals surface area (Å²) in [4.78, 5) is 27.4. The average Bonchev–Trinajstić information content (AvgIpc) is 3.32. The number of anilines is 1. The number of benzene rings is 1. The number of hydrogen-bond donors (Lipinski definition) is 1. The predicted molar refractivity (Wildman–Crippen MR) is 129 cm³/mol. The van der Waals surface area contributed by atoms with Gasteiger partial charge in [0.2, 0.25) is 0 Å². The van der Waals surface area contributed by atoms with E-state index in [4.69, 9.17) is 4.98 Å². The molecule has 0 radical (unpaired) electrons. The fraction of sp³-hybridized carbons (Fsp3) is 0.423. The van der Waals surface area contributed by atoms with E-state index in [1.165, 1.54) is 0 Å². The van der Waals surface area contributed by atoms with Crippen LogP contribution < -0.4 is 4.90 Å². The lowest BCUT2D eigenvalue weighted by Crippen LogP contribution is -2.33. The molecule has 0 unspecified atom stereocenters. The molecule has 32 heavy (non-hydrogen) atoms. The van der Waals surface area contributed by atoms with Gasteiger partial charge in [-0.25, -0.2) is 4.98 Å². The van der Waals surface area contributed by atoms with E-state index in [2.05, 4.69) is 23.7 Å². The summed E-state index contributed by atoms with van der Waals surface area (Å²) < 4.78 is 0. The molecule has 1 aromatic carbocycles. The number of carbonyl (C=O) groups is 1. The minimum absolute atomic E-state index is 0.0113. The standard InChI is InChI=1S/C26H32N4O2/c1-4-8-18(2)17-29(3)26(32)24-23(30-13-5-6-14-30)16-27-22-12-11-21(28-25(22)24)19-9-7-10-20(31)15-19/h7,9-12,15-16,18,31H,4-6,8,13-14,17H2,1-3H3/t18-/m0/s1. The van der Waals surface area contributed by atoms with E-state index in [9.17, 15) is 9.90 Å². The fourth-order valence-electron chi connectivity index (χ4n) is 4.62. The molecule has 168 valence electrons. The second kappa shape index (κ2) is 9.55. The van der Waals surface area contributed by atoms with Gasteiger partial charge in [0.15, 0.2) is 0 Å². The van der Waals surface area contributed by atoms with Crippen molar-refractivity contribution in [3.05, 3.63) is 48.2 Å². The summed E-state index contributed by atoms with van der Waals surface area (Å²) in [5.74, 6) is 0.616. The lowest BCUT2D eigenvalue weighted by Gasteiger charge is -2.26. The number of fused-ring (bicyclic) bond motifs is 1. The second-order valence-electron chi connectivity index (χ2n) is 8.91. The Morgan fingerprint density at radius 3 is 2.72 bits per heavy atom. The quantitative estimate of drug-likeness (QED) is 0.562. The molecule has 2 aromatic heterocycles. The highest BCUT2D eigenvalue weighted by molar-refractivity contribution is 6.09. The maximum Gasteiger partial charge on any atom is 0.258 e. The maximum absolute atomic E-state index is 13.8. The van der Waals surface area contributed by atoms with Crippen LogP contribution >= 0.6 is 0 Å². The summed E-state index contributed by atoms with van der Waals surface area (Å²) >= 11 is 0. The molecule has 6 heteroatoms. The van der Waals surface area contributed by atoms with Gasteiger partial charge in [0, 0.05) is 32.2 Å². The van der Waals surface area contributed by atoms with Gasteiger partial charge in [0.1, 0.15) is 11.3 Å². The zero-order valence-corrected chi connectivity index (χ0v) is 19.2. The number of aromatic hydroxyl groups is 1. The van der Waals surface area contributed by atoms with Gasteiger partial charge in [0.25, 0.3) is 5.91 Å². The maximum atomic E-state index is 13.8. The van der Waals surface area contributed by atoms with Gasteiger partial charge in [0.05, 0.1) is 28.7 Å². The molecular weight excluding hydrogens is 400 g/mol. The number of carbonyl (C=O) groups excluding carboxylic acids is 1. The number of hydrogen-bond acceptors (Lipinski definition) is 5. The molecule has 0 saturated carbocycles. The summed E-state index contributed by atoms with van der Waals surface area (Å²) in [5, 5.41) is 9.91. The fourth-order valence-corrected chi connectivity index (χ4v) is 4.62. The third-order valence-electron chi connectivity index (χ3n) is 6.21. The van der Waals surface area contributed by atoms with E-state index < -0.39 is 0 Å². The summed E-state index contributed by atoms with van der Waals surface area (Å²) in [6.45, 7) is 6.93. The molecule has 1 N–H and O–H groups in total. The molecule has 1 saturated heterocycles. The van der Waals surface area contributed by atoms with Gasteiger partial charge in [-0.05, 0) is 49.4 Å². The van der Waals surface area contributed by atoms with Crippen molar-refractivity contribution in [3.8, 4) is 17.0 Å². The largest absolute Gasteiger partial charge is 0.508 e. The molecule has 1 aliphatic heterocycles. The smallest absolute Gasteiger partial charge is 0.258 e. The van der Waals surface area contributed by atoms with Crippen LogP contribution in [0, 0.1) is 5.92 Å². The highest BCUT2D eigenvalue weighted by Crippen LogP contribution is 2.32. The van der Waals surface area contributed by atoms with Crippen LogP contribution in [0.1, 0.15) is 49.9 Å². The monoisotopic (exact) mass is 432 g/mol. The minimum Gasteiger partial charge on any atom is -0.508 e. The van der Waals surface area contributed by atoms with Gasteiger partial charge in [-0.1, -0.05) is 32.4 Å². The molecule has 6 nitrogen and oxygen atoms in total. The SMILES string of the molecule is CCC[C@H](C)CN(C)C(=O)c1c(N2CCCC2)cnc2ccc(-c3cccc(O)c3)nc12. The Labute approximate surface area is 189 Å². The van der Waals surface area contributed by atoms with Gasteiger partial charge in [-0.2, -0.15) is 0 Å². The predicted octanol–water partition coefficient (Wildman–Crippen LogP) is 5.11. The second-order valence-corrected chi connectivity index (χ2v) is 8.91. The summed E-state index contributed by atoms with van der Waals surface area (Å²) in [6.07, 6.45) is 6.26. The van der Waals surface area contributed by atoms with Gasteiger partial charge >= 0.3 is 0 Å². The summed E-state index contributed by atoms with van der Waals surface area (Å²) in [7, 11) is 1.88. The van der Waals surface area contributed by atoms with Crippen LogP contribution in [0.3, 0.4) is 0 Å². The van der Waals surface area contributed by atoms with E-state index in [0.717, 1.165) is 50.0 Å². The molecule has 1 aliphatic rings. The van der Waals surface area contributed by atoms with E-state index in [1.54, 1.807) is 18.2 Å². The van der Waals surface area contributed by atoms with E-state index in [0.29, 0.717) is 34.8 Å². The van der Waals surface area contributed by atoms with Gasteiger partial charge in [-0.15, -0.1) is 0 Å². The van der Waals surface area contributed by atoms with Crippen molar-refractivity contribution >= 4 is 22.6 Å². The van der Waals surface area contributed by atoms with E-state index >= 15 is 0 Å². The number of phenols is 1.